The Labute approximate surface area is 103 Å². The van der Waals surface area contributed by atoms with Crippen molar-refractivity contribution < 1.29 is 5.11 Å². The molecule has 0 bridgehead atoms. The topological polar surface area (TPSA) is 49.5 Å². The zero-order valence-corrected chi connectivity index (χ0v) is 10.4. The lowest BCUT2D eigenvalue weighted by Gasteiger charge is -2.31. The quantitative estimate of drug-likeness (QED) is 0.778. The Morgan fingerprint density at radius 3 is 2.53 bits per heavy atom. The summed E-state index contributed by atoms with van der Waals surface area (Å²) in [7, 11) is 2.04. The third-order valence-corrected chi connectivity index (χ3v) is 3.64. The van der Waals surface area contributed by atoms with Crippen LogP contribution in [0, 0.1) is 5.92 Å². The van der Waals surface area contributed by atoms with E-state index in [9.17, 15) is 5.11 Å². The van der Waals surface area contributed by atoms with Gasteiger partial charge in [-0.15, -0.1) is 0 Å². The molecule has 17 heavy (non-hydrogen) atoms. The van der Waals surface area contributed by atoms with Crippen molar-refractivity contribution in [3.8, 4) is 0 Å². The first-order valence-corrected chi connectivity index (χ1v) is 6.33. The van der Waals surface area contributed by atoms with Crippen LogP contribution < -0.4 is 5.73 Å². The minimum Gasteiger partial charge on any atom is -0.395 e. The van der Waals surface area contributed by atoms with Gasteiger partial charge in [-0.1, -0.05) is 30.3 Å². The summed E-state index contributed by atoms with van der Waals surface area (Å²) in [5, 5.41) is 9.50. The maximum absolute atomic E-state index is 9.50. The summed E-state index contributed by atoms with van der Waals surface area (Å²) in [6, 6.07) is 10.5. The summed E-state index contributed by atoms with van der Waals surface area (Å²) in [6.07, 6.45) is 2.44. The monoisotopic (exact) mass is 234 g/mol. The average molecular weight is 234 g/mol. The lowest BCUT2D eigenvalue weighted by molar-refractivity contribution is 0.115. The second kappa shape index (κ2) is 5.63. The molecule has 0 saturated heterocycles. The van der Waals surface area contributed by atoms with E-state index in [0.717, 1.165) is 6.54 Å². The van der Waals surface area contributed by atoms with Crippen molar-refractivity contribution in [3.63, 3.8) is 0 Å². The molecule has 0 radical (unpaired) electrons. The van der Waals surface area contributed by atoms with Gasteiger partial charge < -0.3 is 10.8 Å². The Morgan fingerprint density at radius 2 is 2.00 bits per heavy atom. The largest absolute Gasteiger partial charge is 0.395 e. The van der Waals surface area contributed by atoms with Crippen molar-refractivity contribution >= 4 is 0 Å². The molecule has 1 fully saturated rings. The van der Waals surface area contributed by atoms with Gasteiger partial charge in [0.15, 0.2) is 0 Å². The maximum atomic E-state index is 9.50. The minimum atomic E-state index is 0.0720. The van der Waals surface area contributed by atoms with Crippen molar-refractivity contribution in [3.05, 3.63) is 35.9 Å². The fourth-order valence-corrected chi connectivity index (χ4v) is 2.34. The molecule has 3 heteroatoms. The van der Waals surface area contributed by atoms with Crippen LogP contribution in [0.15, 0.2) is 30.3 Å². The second-order valence-electron chi connectivity index (χ2n) is 5.07. The van der Waals surface area contributed by atoms with E-state index in [-0.39, 0.29) is 18.7 Å². The third-order valence-electron chi connectivity index (χ3n) is 3.64. The van der Waals surface area contributed by atoms with E-state index in [1.807, 2.05) is 25.2 Å². The molecule has 0 aliphatic heterocycles. The van der Waals surface area contributed by atoms with Gasteiger partial charge >= 0.3 is 0 Å². The van der Waals surface area contributed by atoms with Crippen molar-refractivity contribution in [2.75, 3.05) is 13.7 Å². The fourth-order valence-electron chi connectivity index (χ4n) is 2.34. The van der Waals surface area contributed by atoms with E-state index in [1.54, 1.807) is 0 Å². The third kappa shape index (κ3) is 3.28. The Hall–Kier alpha value is -0.900. The van der Waals surface area contributed by atoms with Crippen molar-refractivity contribution in [2.24, 2.45) is 11.7 Å². The number of likely N-dealkylation sites (N-methyl/N-ethyl adjacent to an activating group) is 1. The average Bonchev–Trinajstić information content (AvgIpc) is 3.15. The molecule has 94 valence electrons. The van der Waals surface area contributed by atoms with Crippen LogP contribution in [0.1, 0.15) is 18.4 Å². The van der Waals surface area contributed by atoms with Crippen LogP contribution in [-0.2, 0) is 6.54 Å². The molecule has 2 atom stereocenters. The van der Waals surface area contributed by atoms with Crippen molar-refractivity contribution in [1.82, 2.24) is 4.90 Å². The Morgan fingerprint density at radius 1 is 1.35 bits per heavy atom. The van der Waals surface area contributed by atoms with E-state index < -0.39 is 0 Å². The van der Waals surface area contributed by atoms with Crippen LogP contribution in [0.2, 0.25) is 0 Å². The highest BCUT2D eigenvalue weighted by atomic mass is 16.3. The van der Waals surface area contributed by atoms with Crippen LogP contribution in [0.3, 0.4) is 0 Å². The molecular weight excluding hydrogens is 212 g/mol. The molecule has 2 unspecified atom stereocenters. The van der Waals surface area contributed by atoms with Crippen LogP contribution >= 0.6 is 0 Å². The molecule has 1 aliphatic rings. The maximum Gasteiger partial charge on any atom is 0.0602 e. The summed E-state index contributed by atoms with van der Waals surface area (Å²) < 4.78 is 0. The molecule has 0 spiro atoms. The van der Waals surface area contributed by atoms with E-state index in [2.05, 4.69) is 17.0 Å². The zero-order chi connectivity index (χ0) is 12.3. The van der Waals surface area contributed by atoms with Gasteiger partial charge in [0.1, 0.15) is 0 Å². The zero-order valence-electron chi connectivity index (χ0n) is 10.4. The van der Waals surface area contributed by atoms with Crippen molar-refractivity contribution in [2.45, 2.75) is 31.5 Å². The van der Waals surface area contributed by atoms with Gasteiger partial charge in [-0.05, 0) is 31.4 Å². The lowest BCUT2D eigenvalue weighted by Crippen LogP contribution is -2.49. The van der Waals surface area contributed by atoms with Gasteiger partial charge in [-0.25, -0.2) is 0 Å². The van der Waals surface area contributed by atoms with Gasteiger partial charge in [0.2, 0.25) is 0 Å². The van der Waals surface area contributed by atoms with Gasteiger partial charge in [0.25, 0.3) is 0 Å². The van der Waals surface area contributed by atoms with Gasteiger partial charge in [-0.2, -0.15) is 0 Å². The van der Waals surface area contributed by atoms with Crippen LogP contribution in [0.5, 0.6) is 0 Å². The molecule has 2 rings (SSSR count). The highest BCUT2D eigenvalue weighted by Crippen LogP contribution is 2.33. The summed E-state index contributed by atoms with van der Waals surface area (Å²) >= 11 is 0. The molecule has 0 aromatic heterocycles. The van der Waals surface area contributed by atoms with E-state index in [1.165, 1.54) is 18.4 Å². The number of aliphatic hydroxyl groups excluding tert-OH is 1. The summed E-state index contributed by atoms with van der Waals surface area (Å²) in [6.45, 7) is 0.980. The Balaban J connectivity index is 1.94. The molecule has 1 saturated carbocycles. The number of hydrogen-bond donors (Lipinski definition) is 2. The van der Waals surface area contributed by atoms with Crippen LogP contribution in [0.25, 0.3) is 0 Å². The number of aliphatic hydroxyl groups is 1. The molecule has 1 aromatic rings. The summed E-state index contributed by atoms with van der Waals surface area (Å²) in [4.78, 5) is 2.16. The number of benzene rings is 1. The number of rotatable bonds is 6. The summed E-state index contributed by atoms with van der Waals surface area (Å²) in [5.74, 6) is 0.616. The second-order valence-corrected chi connectivity index (χ2v) is 5.07. The molecular formula is C14H22N2O. The fraction of sp³-hybridized carbons (Fsp3) is 0.571. The molecule has 0 heterocycles. The standard InChI is InChI=1S/C14H22N2O/c1-16(9-11-5-3-2-4-6-11)13(10-17)14(15)12-7-8-12/h2-6,12-14,17H,7-10,15H2,1H3. The van der Waals surface area contributed by atoms with Crippen LogP contribution in [-0.4, -0.2) is 35.7 Å². The van der Waals surface area contributed by atoms with E-state index in [0.29, 0.717) is 5.92 Å². The number of hydrogen-bond acceptors (Lipinski definition) is 3. The first-order valence-electron chi connectivity index (χ1n) is 6.33. The lowest BCUT2D eigenvalue weighted by atomic mass is 10.0. The van der Waals surface area contributed by atoms with Gasteiger partial charge in [0.05, 0.1) is 6.61 Å². The normalized spacial score (nSPS) is 19.3. The molecule has 0 amide bonds. The molecule has 1 aromatic carbocycles. The molecule has 1 aliphatic carbocycles. The SMILES string of the molecule is CN(Cc1ccccc1)C(CO)C(N)C1CC1. The van der Waals surface area contributed by atoms with E-state index in [4.69, 9.17) is 5.73 Å². The first kappa shape index (κ1) is 12.6. The van der Waals surface area contributed by atoms with Gasteiger partial charge in [-0.3, -0.25) is 4.90 Å². The van der Waals surface area contributed by atoms with E-state index >= 15 is 0 Å². The number of nitrogens with two attached hydrogens (primary N) is 1. The van der Waals surface area contributed by atoms with Crippen molar-refractivity contribution in [1.29, 1.82) is 0 Å². The summed E-state index contributed by atoms with van der Waals surface area (Å²) in [5.41, 5.74) is 7.45. The molecule has 3 N–H and O–H groups in total. The number of nitrogens with zero attached hydrogens (tertiary/aromatic N) is 1. The minimum absolute atomic E-state index is 0.0720. The highest BCUT2D eigenvalue weighted by molar-refractivity contribution is 5.14. The smallest absolute Gasteiger partial charge is 0.0602 e. The first-order chi connectivity index (χ1) is 8.22. The van der Waals surface area contributed by atoms with Gasteiger partial charge in [0, 0.05) is 18.6 Å². The predicted octanol–water partition coefficient (Wildman–Crippen LogP) is 1.22. The Kier molecular flexibility index (Phi) is 4.15. The highest BCUT2D eigenvalue weighted by Gasteiger charge is 2.35. The van der Waals surface area contributed by atoms with Crippen LogP contribution in [0.4, 0.5) is 0 Å². The molecule has 3 nitrogen and oxygen atoms in total. The Bertz CT molecular complexity index is 337. The predicted molar refractivity (Wildman–Crippen MR) is 69.5 cm³/mol.